The molecule has 0 bridgehead atoms. The third-order valence-corrected chi connectivity index (χ3v) is 4.05. The lowest BCUT2D eigenvalue weighted by Gasteiger charge is -2.19. The zero-order chi connectivity index (χ0) is 17.9. The second-order valence-corrected chi connectivity index (χ2v) is 5.65. The van der Waals surface area contributed by atoms with Crippen molar-refractivity contribution in [3.05, 3.63) is 23.8 Å². The number of hydrazine groups is 1. The molecule has 1 heterocycles. The number of carbonyl (C=O) groups excluding carboxylic acids is 3. The molecule has 1 aliphatic heterocycles. The minimum Gasteiger partial charge on any atom is -0.497 e. The lowest BCUT2D eigenvalue weighted by atomic mass is 10.00. The van der Waals surface area contributed by atoms with E-state index in [2.05, 4.69) is 10.7 Å². The molecule has 0 saturated carbocycles. The standard InChI is InChI=1S/C16H21N3O5/c1-5-16(2)14(21)19(15(22)17-16)18-13(20)8-10-6-7-11(23-3)9-12(10)24-4/h6-7,9H,5,8H2,1-4H3,(H,17,22)(H,18,20)/t16-/m1/s1. The minimum absolute atomic E-state index is 0.0485. The normalized spacial score (nSPS) is 19.9. The number of nitrogens with one attached hydrogen (secondary N) is 2. The van der Waals surface area contributed by atoms with Crippen molar-refractivity contribution in [3.8, 4) is 11.5 Å². The fourth-order valence-corrected chi connectivity index (χ4v) is 2.36. The summed E-state index contributed by atoms with van der Waals surface area (Å²) in [6.07, 6.45) is 0.378. The first kappa shape index (κ1) is 17.6. The van der Waals surface area contributed by atoms with Crippen molar-refractivity contribution in [2.24, 2.45) is 0 Å². The molecule has 1 aromatic rings. The molecule has 1 aromatic carbocycles. The van der Waals surface area contributed by atoms with Crippen molar-refractivity contribution in [1.82, 2.24) is 15.8 Å². The Bertz CT molecular complexity index is 676. The quantitative estimate of drug-likeness (QED) is 0.756. The molecule has 2 N–H and O–H groups in total. The van der Waals surface area contributed by atoms with Gasteiger partial charge in [0.25, 0.3) is 5.91 Å². The van der Waals surface area contributed by atoms with Gasteiger partial charge in [0.2, 0.25) is 5.91 Å². The van der Waals surface area contributed by atoms with Gasteiger partial charge in [-0.2, -0.15) is 5.01 Å². The first-order valence-corrected chi connectivity index (χ1v) is 7.51. The Morgan fingerprint density at radius 1 is 1.29 bits per heavy atom. The molecule has 0 unspecified atom stereocenters. The predicted octanol–water partition coefficient (Wildman–Crippen LogP) is 0.998. The molecule has 1 aliphatic rings. The zero-order valence-electron chi connectivity index (χ0n) is 14.1. The highest BCUT2D eigenvalue weighted by molar-refractivity contribution is 6.07. The molecule has 1 fully saturated rings. The van der Waals surface area contributed by atoms with Crippen molar-refractivity contribution in [2.75, 3.05) is 14.2 Å². The number of nitrogens with zero attached hydrogens (tertiary/aromatic N) is 1. The molecule has 1 saturated heterocycles. The molecule has 8 nitrogen and oxygen atoms in total. The van der Waals surface area contributed by atoms with E-state index in [0.29, 0.717) is 23.5 Å². The van der Waals surface area contributed by atoms with Gasteiger partial charge >= 0.3 is 6.03 Å². The Morgan fingerprint density at radius 3 is 2.54 bits per heavy atom. The first-order chi connectivity index (χ1) is 11.3. The highest BCUT2D eigenvalue weighted by Crippen LogP contribution is 2.25. The molecular formula is C16H21N3O5. The largest absolute Gasteiger partial charge is 0.497 e. The summed E-state index contributed by atoms with van der Waals surface area (Å²) >= 11 is 0. The molecule has 4 amide bonds. The predicted molar refractivity (Wildman–Crippen MR) is 85.5 cm³/mol. The number of benzene rings is 1. The van der Waals surface area contributed by atoms with Crippen LogP contribution >= 0.6 is 0 Å². The van der Waals surface area contributed by atoms with Gasteiger partial charge in [0.05, 0.1) is 20.6 Å². The van der Waals surface area contributed by atoms with Gasteiger partial charge in [-0.25, -0.2) is 4.79 Å². The Hall–Kier alpha value is -2.77. The van der Waals surface area contributed by atoms with Crippen LogP contribution in [-0.2, 0) is 16.0 Å². The van der Waals surface area contributed by atoms with Gasteiger partial charge in [-0.05, 0) is 19.4 Å². The van der Waals surface area contributed by atoms with Crippen molar-refractivity contribution in [2.45, 2.75) is 32.2 Å². The fraction of sp³-hybridized carbons (Fsp3) is 0.438. The summed E-state index contributed by atoms with van der Waals surface area (Å²) in [6.45, 7) is 3.40. The van der Waals surface area contributed by atoms with Crippen LogP contribution in [-0.4, -0.2) is 42.6 Å². The van der Waals surface area contributed by atoms with Gasteiger partial charge in [-0.1, -0.05) is 13.0 Å². The van der Waals surface area contributed by atoms with Crippen molar-refractivity contribution < 1.29 is 23.9 Å². The van der Waals surface area contributed by atoms with Crippen LogP contribution in [0.15, 0.2) is 18.2 Å². The maximum Gasteiger partial charge on any atom is 0.344 e. The number of imide groups is 1. The highest BCUT2D eigenvalue weighted by atomic mass is 16.5. The monoisotopic (exact) mass is 335 g/mol. The second kappa shape index (κ2) is 6.77. The summed E-state index contributed by atoms with van der Waals surface area (Å²) in [5.41, 5.74) is 1.96. The summed E-state index contributed by atoms with van der Waals surface area (Å²) in [5.74, 6) is 0.108. The van der Waals surface area contributed by atoms with E-state index >= 15 is 0 Å². The highest BCUT2D eigenvalue weighted by Gasteiger charge is 2.47. The van der Waals surface area contributed by atoms with E-state index in [1.165, 1.54) is 14.2 Å². The number of methoxy groups -OCH3 is 2. The van der Waals surface area contributed by atoms with E-state index < -0.39 is 23.4 Å². The molecule has 1 atom stereocenters. The number of ether oxygens (including phenoxy) is 2. The van der Waals surface area contributed by atoms with Gasteiger partial charge in [0.1, 0.15) is 17.0 Å². The van der Waals surface area contributed by atoms with E-state index in [0.717, 1.165) is 5.01 Å². The average Bonchev–Trinajstić information content (AvgIpc) is 2.79. The lowest BCUT2D eigenvalue weighted by Crippen LogP contribution is -2.49. The molecule has 24 heavy (non-hydrogen) atoms. The summed E-state index contributed by atoms with van der Waals surface area (Å²) in [6, 6.07) is 4.41. The molecule has 130 valence electrons. The smallest absolute Gasteiger partial charge is 0.344 e. The van der Waals surface area contributed by atoms with Crippen LogP contribution in [0.3, 0.4) is 0 Å². The van der Waals surface area contributed by atoms with E-state index in [1.54, 1.807) is 32.0 Å². The number of hydrogen-bond acceptors (Lipinski definition) is 5. The Balaban J connectivity index is 2.09. The average molecular weight is 335 g/mol. The molecule has 0 spiro atoms. The van der Waals surface area contributed by atoms with E-state index in [9.17, 15) is 14.4 Å². The van der Waals surface area contributed by atoms with E-state index in [1.807, 2.05) is 0 Å². The third-order valence-electron chi connectivity index (χ3n) is 4.05. The Morgan fingerprint density at radius 2 is 2.00 bits per heavy atom. The maximum absolute atomic E-state index is 12.2. The second-order valence-electron chi connectivity index (χ2n) is 5.65. The summed E-state index contributed by atoms with van der Waals surface area (Å²) in [5, 5.41) is 3.29. The van der Waals surface area contributed by atoms with Crippen molar-refractivity contribution in [1.29, 1.82) is 0 Å². The summed E-state index contributed by atoms with van der Waals surface area (Å²) in [7, 11) is 3.02. The van der Waals surface area contributed by atoms with Gasteiger partial charge < -0.3 is 14.8 Å². The summed E-state index contributed by atoms with van der Waals surface area (Å²) in [4.78, 5) is 36.4. The number of hydrogen-bond donors (Lipinski definition) is 2. The van der Waals surface area contributed by atoms with E-state index in [-0.39, 0.29) is 6.42 Å². The molecular weight excluding hydrogens is 314 g/mol. The first-order valence-electron chi connectivity index (χ1n) is 7.51. The zero-order valence-corrected chi connectivity index (χ0v) is 14.1. The van der Waals surface area contributed by atoms with Crippen LogP contribution in [0.5, 0.6) is 11.5 Å². The van der Waals surface area contributed by atoms with Crippen molar-refractivity contribution >= 4 is 17.8 Å². The third kappa shape index (κ3) is 3.27. The maximum atomic E-state index is 12.2. The van der Waals surface area contributed by atoms with Crippen molar-refractivity contribution in [3.63, 3.8) is 0 Å². The topological polar surface area (TPSA) is 97.0 Å². The molecule has 0 aromatic heterocycles. The number of carbonyl (C=O) groups is 3. The van der Waals surface area contributed by atoms with Crippen LogP contribution < -0.4 is 20.2 Å². The molecule has 2 rings (SSSR count). The minimum atomic E-state index is -0.998. The number of rotatable bonds is 6. The van der Waals surface area contributed by atoms with Crippen LogP contribution in [0.1, 0.15) is 25.8 Å². The van der Waals surface area contributed by atoms with E-state index in [4.69, 9.17) is 9.47 Å². The lowest BCUT2D eigenvalue weighted by molar-refractivity contribution is -0.138. The molecule has 8 heteroatoms. The molecule has 0 radical (unpaired) electrons. The number of amides is 4. The van der Waals surface area contributed by atoms with Crippen LogP contribution in [0.25, 0.3) is 0 Å². The summed E-state index contributed by atoms with van der Waals surface area (Å²) < 4.78 is 10.3. The molecule has 0 aliphatic carbocycles. The SMILES string of the molecule is CC[C@@]1(C)NC(=O)N(NC(=O)Cc2ccc(OC)cc2OC)C1=O. The van der Waals surface area contributed by atoms with Gasteiger partial charge in [0, 0.05) is 11.6 Å². The van der Waals surface area contributed by atoms with Gasteiger partial charge in [0.15, 0.2) is 0 Å². The van der Waals surface area contributed by atoms with Gasteiger partial charge in [-0.3, -0.25) is 15.0 Å². The fourth-order valence-electron chi connectivity index (χ4n) is 2.36. The Labute approximate surface area is 140 Å². The number of urea groups is 1. The van der Waals surface area contributed by atoms with Crippen LogP contribution in [0, 0.1) is 0 Å². The van der Waals surface area contributed by atoms with Crippen LogP contribution in [0.2, 0.25) is 0 Å². The van der Waals surface area contributed by atoms with Crippen LogP contribution in [0.4, 0.5) is 4.79 Å². The Kier molecular flexibility index (Phi) is 4.96. The van der Waals surface area contributed by atoms with Gasteiger partial charge in [-0.15, -0.1) is 0 Å².